The minimum atomic E-state index is -0.214. The number of fused-ring (bicyclic) bond motifs is 1. The van der Waals surface area contributed by atoms with Gasteiger partial charge in [0.1, 0.15) is 0 Å². The number of para-hydroxylation sites is 1. The van der Waals surface area contributed by atoms with Crippen molar-refractivity contribution in [2.75, 3.05) is 11.9 Å². The van der Waals surface area contributed by atoms with Crippen LogP contribution in [0.4, 0.5) is 11.4 Å². The van der Waals surface area contributed by atoms with E-state index in [0.717, 1.165) is 5.69 Å². The molecule has 0 amide bonds. The number of hydrogen-bond acceptors (Lipinski definition) is 2. The third kappa shape index (κ3) is 2.14. The molecule has 1 aliphatic heterocycles. The molecule has 0 fully saturated rings. The number of rotatable bonds is 2. The van der Waals surface area contributed by atoms with Gasteiger partial charge in [0.2, 0.25) is 0 Å². The van der Waals surface area contributed by atoms with E-state index in [4.69, 9.17) is 4.99 Å². The van der Waals surface area contributed by atoms with E-state index in [1.54, 1.807) is 0 Å². The van der Waals surface area contributed by atoms with E-state index in [9.17, 15) is 0 Å². The Bertz CT molecular complexity index is 730. The van der Waals surface area contributed by atoms with Crippen molar-refractivity contribution in [2.24, 2.45) is 4.99 Å². The molecule has 0 N–H and O–H groups in total. The van der Waals surface area contributed by atoms with E-state index in [0.29, 0.717) is 5.92 Å². The number of anilines is 1. The molecule has 2 aromatic rings. The maximum atomic E-state index is 4.87. The quantitative estimate of drug-likeness (QED) is 0.744. The molecule has 0 bridgehead atoms. The zero-order valence-electron chi connectivity index (χ0n) is 14.1. The van der Waals surface area contributed by atoms with Crippen LogP contribution in [-0.4, -0.2) is 13.3 Å². The minimum Gasteiger partial charge on any atom is -0.358 e. The van der Waals surface area contributed by atoms with Gasteiger partial charge in [-0.15, -0.1) is 0 Å². The number of hydrogen-bond donors (Lipinski definition) is 0. The molecule has 1 unspecified atom stereocenters. The molecule has 2 aromatic carbocycles. The molecule has 3 rings (SSSR count). The molecule has 1 aliphatic rings. The van der Waals surface area contributed by atoms with Crippen molar-refractivity contribution in [2.45, 2.75) is 39.2 Å². The number of aryl methyl sites for hydroxylation is 1. The smallest absolute Gasteiger partial charge is 0.0979 e. The lowest BCUT2D eigenvalue weighted by molar-refractivity contribution is 0.622. The lowest BCUT2D eigenvalue weighted by Crippen LogP contribution is -2.45. The second-order valence-corrected chi connectivity index (χ2v) is 6.65. The molecular weight excluding hydrogens is 268 g/mol. The zero-order chi connectivity index (χ0) is 15.9. The largest absolute Gasteiger partial charge is 0.358 e. The van der Waals surface area contributed by atoms with Crippen LogP contribution in [0.25, 0.3) is 0 Å². The van der Waals surface area contributed by atoms with Crippen molar-refractivity contribution in [1.82, 2.24) is 0 Å². The Balaban J connectivity index is 2.16. The van der Waals surface area contributed by atoms with Crippen LogP contribution in [0.3, 0.4) is 0 Å². The lowest BCUT2D eigenvalue weighted by Gasteiger charge is -2.42. The molecule has 2 nitrogen and oxygen atoms in total. The van der Waals surface area contributed by atoms with E-state index in [-0.39, 0.29) is 5.54 Å². The van der Waals surface area contributed by atoms with E-state index < -0.39 is 0 Å². The van der Waals surface area contributed by atoms with Gasteiger partial charge in [-0.2, -0.15) is 0 Å². The van der Waals surface area contributed by atoms with Gasteiger partial charge in [-0.1, -0.05) is 50.2 Å². The Morgan fingerprint density at radius 3 is 2.45 bits per heavy atom. The van der Waals surface area contributed by atoms with Gasteiger partial charge in [0.15, 0.2) is 0 Å². The average molecular weight is 292 g/mol. The Kier molecular flexibility index (Phi) is 3.56. The van der Waals surface area contributed by atoms with Crippen LogP contribution in [0.15, 0.2) is 47.5 Å². The average Bonchev–Trinajstić information content (AvgIpc) is 2.51. The molecule has 0 saturated heterocycles. The second kappa shape index (κ2) is 5.28. The summed E-state index contributed by atoms with van der Waals surface area (Å²) in [5.41, 5.74) is 6.03. The van der Waals surface area contributed by atoms with Gasteiger partial charge >= 0.3 is 0 Å². The summed E-state index contributed by atoms with van der Waals surface area (Å²) >= 11 is 0. The highest BCUT2D eigenvalue weighted by molar-refractivity contribution is 5.90. The van der Waals surface area contributed by atoms with Crippen LogP contribution in [-0.2, 0) is 5.54 Å². The van der Waals surface area contributed by atoms with Crippen LogP contribution >= 0.6 is 0 Å². The Labute approximate surface area is 133 Å². The number of nitrogens with zero attached hydrogens (tertiary/aromatic N) is 2. The topological polar surface area (TPSA) is 15.6 Å². The van der Waals surface area contributed by atoms with Gasteiger partial charge in [0.25, 0.3) is 0 Å². The summed E-state index contributed by atoms with van der Waals surface area (Å²) < 4.78 is 0. The van der Waals surface area contributed by atoms with Crippen molar-refractivity contribution in [3.8, 4) is 0 Å². The third-order valence-corrected chi connectivity index (χ3v) is 4.86. The van der Waals surface area contributed by atoms with E-state index >= 15 is 0 Å². The maximum Gasteiger partial charge on any atom is 0.0979 e. The predicted molar refractivity (Wildman–Crippen MR) is 95.6 cm³/mol. The highest BCUT2D eigenvalue weighted by Crippen LogP contribution is 2.44. The summed E-state index contributed by atoms with van der Waals surface area (Å²) in [6, 6.07) is 15.1. The van der Waals surface area contributed by atoms with Crippen LogP contribution in [0.1, 0.15) is 43.4 Å². The minimum absolute atomic E-state index is 0.214. The summed E-state index contributed by atoms with van der Waals surface area (Å²) in [6.45, 7) is 8.85. The SMILES string of the molecule is Cc1ccccc1C1(C)C=Nc2c(C(C)C)cccc2N1C. The summed E-state index contributed by atoms with van der Waals surface area (Å²) in [4.78, 5) is 7.22. The second-order valence-electron chi connectivity index (χ2n) is 6.65. The van der Waals surface area contributed by atoms with Gasteiger partial charge in [0.05, 0.1) is 16.9 Å². The third-order valence-electron chi connectivity index (χ3n) is 4.86. The van der Waals surface area contributed by atoms with E-state index in [2.05, 4.69) is 88.3 Å². The first-order valence-electron chi connectivity index (χ1n) is 7.93. The molecule has 0 aromatic heterocycles. The van der Waals surface area contributed by atoms with Gasteiger partial charge in [-0.3, -0.25) is 4.99 Å². The first-order valence-corrected chi connectivity index (χ1v) is 7.93. The Morgan fingerprint density at radius 1 is 1.05 bits per heavy atom. The fraction of sp³-hybridized carbons (Fsp3) is 0.350. The highest BCUT2D eigenvalue weighted by atomic mass is 15.2. The molecule has 114 valence electrons. The van der Waals surface area contributed by atoms with Gasteiger partial charge < -0.3 is 4.90 Å². The predicted octanol–water partition coefficient (Wildman–Crippen LogP) is 5.19. The van der Waals surface area contributed by atoms with E-state index in [1.165, 1.54) is 22.4 Å². The number of benzene rings is 2. The normalized spacial score (nSPS) is 20.4. The molecule has 2 heteroatoms. The summed E-state index contributed by atoms with van der Waals surface area (Å²) in [5, 5.41) is 0. The molecule has 22 heavy (non-hydrogen) atoms. The molecule has 0 spiro atoms. The van der Waals surface area contributed by atoms with Crippen molar-refractivity contribution >= 4 is 17.6 Å². The Hall–Kier alpha value is -2.09. The molecule has 0 aliphatic carbocycles. The van der Waals surface area contributed by atoms with Crippen LogP contribution < -0.4 is 4.90 Å². The molecule has 0 saturated carbocycles. The van der Waals surface area contributed by atoms with Crippen molar-refractivity contribution in [1.29, 1.82) is 0 Å². The van der Waals surface area contributed by atoms with Crippen LogP contribution in [0, 0.1) is 6.92 Å². The highest BCUT2D eigenvalue weighted by Gasteiger charge is 2.35. The zero-order valence-corrected chi connectivity index (χ0v) is 14.1. The van der Waals surface area contributed by atoms with Crippen molar-refractivity contribution in [3.63, 3.8) is 0 Å². The van der Waals surface area contributed by atoms with E-state index in [1.807, 2.05) is 0 Å². The van der Waals surface area contributed by atoms with Crippen molar-refractivity contribution < 1.29 is 0 Å². The first-order chi connectivity index (χ1) is 10.4. The monoisotopic (exact) mass is 292 g/mol. The van der Waals surface area contributed by atoms with Crippen molar-refractivity contribution in [3.05, 3.63) is 59.2 Å². The summed E-state index contributed by atoms with van der Waals surface area (Å²) in [5.74, 6) is 0.475. The molecular formula is C20H24N2. The Morgan fingerprint density at radius 2 is 1.77 bits per heavy atom. The maximum absolute atomic E-state index is 4.87. The summed E-state index contributed by atoms with van der Waals surface area (Å²) in [7, 11) is 2.17. The first kappa shape index (κ1) is 14.8. The lowest BCUT2D eigenvalue weighted by atomic mass is 9.85. The van der Waals surface area contributed by atoms with Gasteiger partial charge in [-0.05, 0) is 42.5 Å². The van der Waals surface area contributed by atoms with Crippen LogP contribution in [0.5, 0.6) is 0 Å². The standard InChI is InChI=1S/C20H24N2/c1-14(2)16-10-8-12-18-19(16)21-13-20(4,22(18)5)17-11-7-6-9-15(17)3/h6-14H,1-5H3. The van der Waals surface area contributed by atoms with Crippen LogP contribution in [0.2, 0.25) is 0 Å². The molecule has 1 atom stereocenters. The number of aliphatic imine (C=N–C) groups is 1. The summed E-state index contributed by atoms with van der Waals surface area (Å²) in [6.07, 6.45) is 2.10. The fourth-order valence-electron chi connectivity index (χ4n) is 3.34. The fourth-order valence-corrected chi connectivity index (χ4v) is 3.34. The molecule has 1 heterocycles. The molecule has 0 radical (unpaired) electrons. The van der Waals surface area contributed by atoms with Gasteiger partial charge in [-0.25, -0.2) is 0 Å². The van der Waals surface area contributed by atoms with Gasteiger partial charge in [0, 0.05) is 13.3 Å².